The summed E-state index contributed by atoms with van der Waals surface area (Å²) in [7, 11) is -3.31. The van der Waals surface area contributed by atoms with Crippen LogP contribution in [0.15, 0.2) is 40.6 Å². The summed E-state index contributed by atoms with van der Waals surface area (Å²) in [5.41, 5.74) is 0.948. The van der Waals surface area contributed by atoms with Crippen molar-refractivity contribution >= 4 is 49.5 Å². The van der Waals surface area contributed by atoms with Gasteiger partial charge in [0.25, 0.3) is 11.7 Å². The summed E-state index contributed by atoms with van der Waals surface area (Å²) < 4.78 is 29.7. The fourth-order valence-electron chi connectivity index (χ4n) is 3.96. The normalized spacial score (nSPS) is 16.9. The van der Waals surface area contributed by atoms with Crippen LogP contribution in [0.4, 0.5) is 5.13 Å². The topological polar surface area (TPSA) is 119 Å². The highest BCUT2D eigenvalue weighted by molar-refractivity contribution is 7.92. The fourth-order valence-corrected chi connectivity index (χ4v) is 6.30. The maximum absolute atomic E-state index is 13.2. The highest BCUT2D eigenvalue weighted by Gasteiger charge is 2.36. The number of rotatable bonds is 9. The van der Waals surface area contributed by atoms with Gasteiger partial charge in [0.15, 0.2) is 15.0 Å². The molecule has 2 aliphatic rings. The van der Waals surface area contributed by atoms with Crippen molar-refractivity contribution in [1.29, 1.82) is 0 Å². The van der Waals surface area contributed by atoms with Crippen LogP contribution in [0.1, 0.15) is 61.5 Å². The summed E-state index contributed by atoms with van der Waals surface area (Å²) in [6.45, 7) is 1.68. The van der Waals surface area contributed by atoms with Gasteiger partial charge in [0.2, 0.25) is 0 Å². The number of Topliss-reactive ketones (excluding diaryl/α,β-unsaturated/α-hetero) is 1. The van der Waals surface area contributed by atoms with Crippen molar-refractivity contribution in [3.8, 4) is 0 Å². The van der Waals surface area contributed by atoms with Gasteiger partial charge in [-0.05, 0) is 56.2 Å². The first kappa shape index (κ1) is 24.3. The maximum Gasteiger partial charge on any atom is 0.381 e. The van der Waals surface area contributed by atoms with Gasteiger partial charge in [-0.25, -0.2) is 18.2 Å². The van der Waals surface area contributed by atoms with E-state index in [1.54, 1.807) is 31.2 Å². The Kier molecular flexibility index (Phi) is 7.27. The molecule has 2 aliphatic carbocycles. The zero-order valence-electron chi connectivity index (χ0n) is 18.8. The van der Waals surface area contributed by atoms with Crippen LogP contribution in [0.2, 0.25) is 0 Å². The standard InChI is InChI=1S/C24H26N2O6S2/c1-2-32-23(29)21(27)20-14-33-24(25-20)26-22(28)19(13-15-5-3-4-6-15)16-7-9-17(10-8-16)34(30,31)18-11-12-18/h7-10,13-15,18H,2-6,11-12H2,1H3,(H,25,26,28)/b19-13+. The van der Waals surface area contributed by atoms with Crippen molar-refractivity contribution in [2.24, 2.45) is 5.92 Å². The Morgan fingerprint density at radius 2 is 1.79 bits per heavy atom. The monoisotopic (exact) mass is 502 g/mol. The van der Waals surface area contributed by atoms with Gasteiger partial charge in [0.1, 0.15) is 5.69 Å². The Morgan fingerprint density at radius 3 is 2.41 bits per heavy atom. The number of carbonyl (C=O) groups is 3. The lowest BCUT2D eigenvalue weighted by Gasteiger charge is -2.12. The zero-order valence-corrected chi connectivity index (χ0v) is 20.4. The molecule has 1 N–H and O–H groups in total. The molecule has 0 bridgehead atoms. The third-order valence-corrected chi connectivity index (χ3v) is 8.96. The van der Waals surface area contributed by atoms with Gasteiger partial charge in [-0.1, -0.05) is 31.1 Å². The third kappa shape index (κ3) is 5.44. The minimum Gasteiger partial charge on any atom is -0.460 e. The number of esters is 1. The van der Waals surface area contributed by atoms with Crippen LogP contribution in [0.25, 0.3) is 5.57 Å². The van der Waals surface area contributed by atoms with E-state index in [2.05, 4.69) is 10.3 Å². The molecule has 0 spiro atoms. The number of nitrogens with zero attached hydrogens (tertiary/aromatic N) is 1. The molecular weight excluding hydrogens is 476 g/mol. The lowest BCUT2D eigenvalue weighted by Crippen LogP contribution is -2.18. The number of ketones is 1. The van der Waals surface area contributed by atoms with Crippen molar-refractivity contribution in [1.82, 2.24) is 4.98 Å². The SMILES string of the molecule is CCOC(=O)C(=O)c1csc(NC(=O)/C(=C/C2CCCC2)c2ccc(S(=O)(=O)C3CC3)cc2)n1. The molecule has 0 radical (unpaired) electrons. The lowest BCUT2D eigenvalue weighted by molar-refractivity contribution is -0.137. The minimum atomic E-state index is -3.31. The van der Waals surface area contributed by atoms with Gasteiger partial charge in [-0.3, -0.25) is 14.9 Å². The van der Waals surface area contributed by atoms with Crippen LogP contribution < -0.4 is 5.32 Å². The number of hydrogen-bond acceptors (Lipinski definition) is 8. The van der Waals surface area contributed by atoms with Crippen molar-refractivity contribution in [3.63, 3.8) is 0 Å². The number of carbonyl (C=O) groups excluding carboxylic acids is 3. The Balaban J connectivity index is 1.55. The Bertz CT molecular complexity index is 1220. The van der Waals surface area contributed by atoms with E-state index < -0.39 is 27.5 Å². The molecule has 10 heteroatoms. The van der Waals surface area contributed by atoms with Gasteiger partial charge in [-0.2, -0.15) is 0 Å². The molecule has 34 heavy (non-hydrogen) atoms. The van der Waals surface area contributed by atoms with Crippen molar-refractivity contribution in [3.05, 3.63) is 47.0 Å². The number of ether oxygens (including phenoxy) is 1. The van der Waals surface area contributed by atoms with Gasteiger partial charge in [0, 0.05) is 11.0 Å². The predicted octanol–water partition coefficient (Wildman–Crippen LogP) is 4.04. The number of hydrogen-bond donors (Lipinski definition) is 1. The van der Waals surface area contributed by atoms with Crippen molar-refractivity contribution in [2.75, 3.05) is 11.9 Å². The van der Waals surface area contributed by atoms with Crippen LogP contribution in [-0.2, 0) is 24.2 Å². The molecular formula is C24H26N2O6S2. The number of allylic oxidation sites excluding steroid dienone is 1. The average Bonchev–Trinajstić information content (AvgIpc) is 3.39. The largest absolute Gasteiger partial charge is 0.460 e. The minimum absolute atomic E-state index is 0.0777. The van der Waals surface area contributed by atoms with E-state index in [0.717, 1.165) is 37.0 Å². The Hall–Kier alpha value is -2.85. The molecule has 180 valence electrons. The van der Waals surface area contributed by atoms with E-state index in [4.69, 9.17) is 4.74 Å². The molecule has 8 nitrogen and oxygen atoms in total. The van der Waals surface area contributed by atoms with E-state index in [9.17, 15) is 22.8 Å². The summed E-state index contributed by atoms with van der Waals surface area (Å²) in [6, 6.07) is 6.43. The van der Waals surface area contributed by atoms with Crippen LogP contribution in [-0.4, -0.2) is 42.9 Å². The van der Waals surface area contributed by atoms with E-state index in [1.807, 2.05) is 6.08 Å². The number of anilines is 1. The summed E-state index contributed by atoms with van der Waals surface area (Å²) in [5, 5.41) is 3.99. The van der Waals surface area contributed by atoms with Crippen LogP contribution in [0.3, 0.4) is 0 Å². The number of nitrogens with one attached hydrogen (secondary N) is 1. The zero-order chi connectivity index (χ0) is 24.3. The van der Waals surface area contributed by atoms with E-state index in [0.29, 0.717) is 24.0 Å². The molecule has 4 rings (SSSR count). The van der Waals surface area contributed by atoms with E-state index in [-0.39, 0.29) is 33.5 Å². The van der Waals surface area contributed by atoms with Crippen LogP contribution >= 0.6 is 11.3 Å². The molecule has 1 aromatic heterocycles. The summed E-state index contributed by atoms with van der Waals surface area (Å²) in [4.78, 5) is 41.3. The predicted molar refractivity (Wildman–Crippen MR) is 128 cm³/mol. The number of amides is 1. The number of benzene rings is 1. The Labute approximate surface area is 202 Å². The molecule has 2 saturated carbocycles. The smallest absolute Gasteiger partial charge is 0.381 e. The second-order valence-electron chi connectivity index (χ2n) is 8.44. The second kappa shape index (κ2) is 10.2. The van der Waals surface area contributed by atoms with E-state index >= 15 is 0 Å². The maximum atomic E-state index is 13.2. The summed E-state index contributed by atoms with van der Waals surface area (Å²) in [5.74, 6) is -2.01. The molecule has 0 saturated heterocycles. The molecule has 1 amide bonds. The van der Waals surface area contributed by atoms with Gasteiger partial charge in [-0.15, -0.1) is 11.3 Å². The molecule has 0 atom stereocenters. The first-order valence-electron chi connectivity index (χ1n) is 11.3. The highest BCUT2D eigenvalue weighted by atomic mass is 32.2. The van der Waals surface area contributed by atoms with Gasteiger partial charge in [0.05, 0.1) is 16.8 Å². The first-order chi connectivity index (χ1) is 16.3. The Morgan fingerprint density at radius 1 is 1.12 bits per heavy atom. The molecule has 1 heterocycles. The van der Waals surface area contributed by atoms with Gasteiger partial charge >= 0.3 is 5.97 Å². The number of aromatic nitrogens is 1. The average molecular weight is 503 g/mol. The van der Waals surface area contributed by atoms with Crippen molar-refractivity contribution in [2.45, 2.75) is 55.6 Å². The second-order valence-corrected chi connectivity index (χ2v) is 11.5. The quantitative estimate of drug-likeness (QED) is 0.238. The van der Waals surface area contributed by atoms with Crippen LogP contribution in [0.5, 0.6) is 0 Å². The lowest BCUT2D eigenvalue weighted by atomic mass is 9.98. The van der Waals surface area contributed by atoms with Crippen molar-refractivity contribution < 1.29 is 27.5 Å². The first-order valence-corrected chi connectivity index (χ1v) is 13.8. The number of thiazole rings is 1. The third-order valence-electron chi connectivity index (χ3n) is 5.92. The summed E-state index contributed by atoms with van der Waals surface area (Å²) >= 11 is 1.03. The molecule has 1 aromatic carbocycles. The van der Waals surface area contributed by atoms with Crippen LogP contribution in [0, 0.1) is 5.92 Å². The molecule has 2 fully saturated rings. The number of sulfone groups is 1. The fraction of sp³-hybridized carbons (Fsp3) is 0.417. The molecule has 0 unspecified atom stereocenters. The molecule has 0 aliphatic heterocycles. The summed E-state index contributed by atoms with van der Waals surface area (Å²) in [6.07, 6.45) is 7.48. The van der Waals surface area contributed by atoms with Gasteiger partial charge < -0.3 is 4.74 Å². The highest BCUT2D eigenvalue weighted by Crippen LogP contribution is 2.34. The van der Waals surface area contributed by atoms with E-state index in [1.165, 1.54) is 5.38 Å². The molecule has 2 aromatic rings.